The second-order valence-corrected chi connectivity index (χ2v) is 7.19. The average molecular weight is 417 g/mol. The fourth-order valence-electron chi connectivity index (χ4n) is 3.39. The number of para-hydroxylation sites is 2. The number of hydrogen-bond acceptors (Lipinski definition) is 5. The van der Waals surface area contributed by atoms with Crippen molar-refractivity contribution in [3.05, 3.63) is 96.1 Å². The number of ether oxygens (including phenoxy) is 3. The average Bonchev–Trinajstić information content (AvgIpc) is 2.83. The molecule has 2 atom stereocenters. The van der Waals surface area contributed by atoms with Crippen molar-refractivity contribution in [2.45, 2.75) is 18.6 Å². The molecule has 6 heteroatoms. The summed E-state index contributed by atoms with van der Waals surface area (Å²) >= 11 is 0. The minimum atomic E-state index is -0.906. The van der Waals surface area contributed by atoms with Gasteiger partial charge >= 0.3 is 5.97 Å². The van der Waals surface area contributed by atoms with Crippen LogP contribution in [-0.2, 0) is 20.7 Å². The maximum Gasteiger partial charge on any atom is 0.351 e. The molecule has 158 valence electrons. The van der Waals surface area contributed by atoms with Crippen LogP contribution in [0.15, 0.2) is 84.9 Å². The molecule has 1 N–H and O–H groups in total. The summed E-state index contributed by atoms with van der Waals surface area (Å²) in [6.45, 7) is -0.351. The largest absolute Gasteiger partial charge is 0.485 e. The SMILES string of the molecule is O=C(COC(=O)[C@@H]1COc2ccccc2O1)N[C@H](Cc1ccccc1)c1ccccc1. The smallest absolute Gasteiger partial charge is 0.351 e. The van der Waals surface area contributed by atoms with Crippen LogP contribution in [0.2, 0.25) is 0 Å². The van der Waals surface area contributed by atoms with Crippen molar-refractivity contribution in [3.8, 4) is 11.5 Å². The van der Waals surface area contributed by atoms with Gasteiger partial charge in [0.05, 0.1) is 6.04 Å². The summed E-state index contributed by atoms with van der Waals surface area (Å²) in [5, 5.41) is 2.97. The Labute approximate surface area is 180 Å². The Hall–Kier alpha value is -3.80. The number of benzene rings is 3. The van der Waals surface area contributed by atoms with Gasteiger partial charge in [-0.3, -0.25) is 4.79 Å². The monoisotopic (exact) mass is 417 g/mol. The molecule has 0 saturated heterocycles. The molecule has 3 aromatic carbocycles. The van der Waals surface area contributed by atoms with Gasteiger partial charge in [-0.05, 0) is 29.7 Å². The van der Waals surface area contributed by atoms with E-state index in [0.717, 1.165) is 11.1 Å². The molecule has 0 aromatic heterocycles. The second-order valence-electron chi connectivity index (χ2n) is 7.19. The molecule has 0 spiro atoms. The first-order chi connectivity index (χ1) is 15.2. The van der Waals surface area contributed by atoms with E-state index in [-0.39, 0.29) is 18.6 Å². The van der Waals surface area contributed by atoms with Gasteiger partial charge in [-0.2, -0.15) is 0 Å². The number of esters is 1. The molecule has 0 unspecified atom stereocenters. The lowest BCUT2D eigenvalue weighted by molar-refractivity contribution is -0.157. The zero-order chi connectivity index (χ0) is 21.5. The van der Waals surface area contributed by atoms with E-state index in [1.807, 2.05) is 66.7 Å². The first kappa shape index (κ1) is 20.5. The first-order valence-corrected chi connectivity index (χ1v) is 10.1. The van der Waals surface area contributed by atoms with Crippen molar-refractivity contribution in [3.63, 3.8) is 0 Å². The molecule has 1 amide bonds. The Kier molecular flexibility index (Phi) is 6.47. The summed E-state index contributed by atoms with van der Waals surface area (Å²) in [4.78, 5) is 24.9. The fourth-order valence-corrected chi connectivity index (χ4v) is 3.39. The van der Waals surface area contributed by atoms with Crippen LogP contribution in [0.3, 0.4) is 0 Å². The molecule has 1 heterocycles. The molecule has 0 fully saturated rings. The number of rotatable bonds is 7. The van der Waals surface area contributed by atoms with Gasteiger partial charge in [0, 0.05) is 0 Å². The third kappa shape index (κ3) is 5.42. The molecule has 31 heavy (non-hydrogen) atoms. The number of fused-ring (bicyclic) bond motifs is 1. The van der Waals surface area contributed by atoms with Crippen molar-refractivity contribution < 1.29 is 23.8 Å². The molecule has 4 rings (SSSR count). The van der Waals surface area contributed by atoms with E-state index >= 15 is 0 Å². The Morgan fingerprint density at radius 3 is 2.29 bits per heavy atom. The van der Waals surface area contributed by atoms with Crippen molar-refractivity contribution in [2.75, 3.05) is 13.2 Å². The summed E-state index contributed by atoms with van der Waals surface area (Å²) < 4.78 is 16.3. The van der Waals surface area contributed by atoms with E-state index in [2.05, 4.69) is 5.32 Å². The van der Waals surface area contributed by atoms with Crippen molar-refractivity contribution in [2.24, 2.45) is 0 Å². The van der Waals surface area contributed by atoms with E-state index in [0.29, 0.717) is 17.9 Å². The third-order valence-electron chi connectivity index (χ3n) is 4.94. The minimum absolute atomic E-state index is 0.0398. The van der Waals surface area contributed by atoms with Gasteiger partial charge in [0.15, 0.2) is 18.1 Å². The molecular weight excluding hydrogens is 394 g/mol. The summed E-state index contributed by atoms with van der Waals surface area (Å²) in [6, 6.07) is 26.5. The zero-order valence-electron chi connectivity index (χ0n) is 16.9. The van der Waals surface area contributed by atoms with Crippen LogP contribution >= 0.6 is 0 Å². The molecule has 3 aromatic rings. The van der Waals surface area contributed by atoms with Gasteiger partial charge < -0.3 is 19.5 Å². The highest BCUT2D eigenvalue weighted by atomic mass is 16.6. The maximum atomic E-state index is 12.5. The van der Waals surface area contributed by atoms with Crippen molar-refractivity contribution >= 4 is 11.9 Å². The van der Waals surface area contributed by atoms with Gasteiger partial charge in [-0.1, -0.05) is 72.8 Å². The van der Waals surface area contributed by atoms with E-state index in [1.54, 1.807) is 18.2 Å². The Morgan fingerprint density at radius 2 is 1.55 bits per heavy atom. The van der Waals surface area contributed by atoms with Crippen molar-refractivity contribution in [1.29, 1.82) is 0 Å². The van der Waals surface area contributed by atoms with Crippen LogP contribution < -0.4 is 14.8 Å². The summed E-state index contributed by atoms with van der Waals surface area (Å²) in [6.07, 6.45) is -0.280. The van der Waals surface area contributed by atoms with E-state index in [1.165, 1.54) is 0 Å². The molecular formula is C25H23NO5. The third-order valence-corrected chi connectivity index (χ3v) is 4.94. The van der Waals surface area contributed by atoms with Crippen LogP contribution in [0.1, 0.15) is 17.2 Å². The second kappa shape index (κ2) is 9.80. The van der Waals surface area contributed by atoms with Crippen LogP contribution in [-0.4, -0.2) is 31.2 Å². The van der Waals surface area contributed by atoms with Crippen LogP contribution in [0.5, 0.6) is 11.5 Å². The Morgan fingerprint density at radius 1 is 0.903 bits per heavy atom. The van der Waals surface area contributed by atoms with Gasteiger partial charge in [0.25, 0.3) is 5.91 Å². The van der Waals surface area contributed by atoms with Gasteiger partial charge in [0.1, 0.15) is 6.61 Å². The fraction of sp³-hybridized carbons (Fsp3) is 0.200. The Balaban J connectivity index is 1.34. The Bertz CT molecular complexity index is 1020. The van der Waals surface area contributed by atoms with E-state index in [9.17, 15) is 9.59 Å². The number of nitrogens with one attached hydrogen (secondary N) is 1. The molecule has 0 saturated carbocycles. The van der Waals surface area contributed by atoms with Crippen molar-refractivity contribution in [1.82, 2.24) is 5.32 Å². The first-order valence-electron chi connectivity index (χ1n) is 10.1. The number of amides is 1. The number of carbonyl (C=O) groups excluding carboxylic acids is 2. The van der Waals surface area contributed by atoms with Gasteiger partial charge in [-0.25, -0.2) is 4.79 Å². The minimum Gasteiger partial charge on any atom is -0.485 e. The number of carbonyl (C=O) groups is 2. The molecule has 0 aliphatic carbocycles. The van der Waals surface area contributed by atoms with Gasteiger partial charge in [0.2, 0.25) is 6.10 Å². The maximum absolute atomic E-state index is 12.5. The van der Waals surface area contributed by atoms with Gasteiger partial charge in [-0.15, -0.1) is 0 Å². The lowest BCUT2D eigenvalue weighted by atomic mass is 9.99. The summed E-state index contributed by atoms with van der Waals surface area (Å²) in [5.41, 5.74) is 2.08. The zero-order valence-corrected chi connectivity index (χ0v) is 16.9. The molecule has 0 radical (unpaired) electrons. The highest BCUT2D eigenvalue weighted by molar-refractivity contribution is 5.82. The van der Waals surface area contributed by atoms with E-state index in [4.69, 9.17) is 14.2 Å². The highest BCUT2D eigenvalue weighted by Gasteiger charge is 2.29. The lowest BCUT2D eigenvalue weighted by Gasteiger charge is -2.25. The topological polar surface area (TPSA) is 73.9 Å². The summed E-state index contributed by atoms with van der Waals surface area (Å²) in [7, 11) is 0. The molecule has 1 aliphatic rings. The molecule has 6 nitrogen and oxygen atoms in total. The van der Waals surface area contributed by atoms with Crippen LogP contribution in [0, 0.1) is 0 Å². The van der Waals surface area contributed by atoms with E-state index < -0.39 is 18.7 Å². The predicted octanol–water partition coefficient (Wildman–Crippen LogP) is 3.47. The standard InChI is InChI=1S/C25H23NO5/c27-24(17-30-25(28)23-16-29-21-13-7-8-14-22(21)31-23)26-20(19-11-5-2-6-12-19)15-18-9-3-1-4-10-18/h1-14,20,23H,15-17H2,(H,26,27)/t20-,23+/m1/s1. The molecule has 0 bridgehead atoms. The quantitative estimate of drug-likeness (QED) is 0.596. The predicted molar refractivity (Wildman–Crippen MR) is 115 cm³/mol. The summed E-state index contributed by atoms with van der Waals surface area (Å²) in [5.74, 6) is 0.0438. The highest BCUT2D eigenvalue weighted by Crippen LogP contribution is 2.31. The number of hydrogen-bond donors (Lipinski definition) is 1. The van der Waals surface area contributed by atoms with Crippen LogP contribution in [0.25, 0.3) is 0 Å². The lowest BCUT2D eigenvalue weighted by Crippen LogP contribution is -2.40. The normalized spacial score (nSPS) is 15.5. The molecule has 1 aliphatic heterocycles. The van der Waals surface area contributed by atoms with Crippen LogP contribution in [0.4, 0.5) is 0 Å².